The summed E-state index contributed by atoms with van der Waals surface area (Å²) in [5.74, 6) is 0.0455. The lowest BCUT2D eigenvalue weighted by Gasteiger charge is -2.06. The number of anilines is 1. The summed E-state index contributed by atoms with van der Waals surface area (Å²) >= 11 is 0. The van der Waals surface area contributed by atoms with E-state index in [4.69, 9.17) is 5.73 Å². The maximum absolute atomic E-state index is 11.4. The van der Waals surface area contributed by atoms with Crippen LogP contribution in [-0.4, -0.2) is 25.8 Å². The number of nitrogens with zero attached hydrogens (tertiary/aromatic N) is 2. The van der Waals surface area contributed by atoms with Gasteiger partial charge in [-0.15, -0.1) is 0 Å². The number of rotatable bonds is 5. The minimum Gasteiger partial charge on any atom is -0.366 e. The quantitative estimate of drug-likeness (QED) is 0.433. The van der Waals surface area contributed by atoms with Crippen LogP contribution in [0.25, 0.3) is 22.2 Å². The molecular weight excluding hydrogens is 344 g/mol. The zero-order valence-electron chi connectivity index (χ0n) is 14.2. The van der Waals surface area contributed by atoms with E-state index in [0.717, 1.165) is 27.7 Å². The monoisotopic (exact) mass is 360 g/mol. The molecular formula is C19H16N6O2. The lowest BCUT2D eigenvalue weighted by Crippen LogP contribution is -2.11. The molecule has 0 saturated carbocycles. The third kappa shape index (κ3) is 3.54. The fourth-order valence-corrected chi connectivity index (χ4v) is 2.75. The van der Waals surface area contributed by atoms with Crippen molar-refractivity contribution in [2.24, 2.45) is 5.73 Å². The normalized spacial score (nSPS) is 10.8. The summed E-state index contributed by atoms with van der Waals surface area (Å²) in [6.45, 7) is 0.523. The molecule has 134 valence electrons. The van der Waals surface area contributed by atoms with E-state index in [1.54, 1.807) is 24.5 Å². The summed E-state index contributed by atoms with van der Waals surface area (Å²) in [5.41, 5.74) is 9.69. The molecule has 2 aromatic carbocycles. The first-order valence-corrected chi connectivity index (χ1v) is 8.25. The molecule has 0 aliphatic rings. The first kappa shape index (κ1) is 16.5. The van der Waals surface area contributed by atoms with Crippen molar-refractivity contribution in [3.8, 4) is 11.1 Å². The van der Waals surface area contributed by atoms with Crippen molar-refractivity contribution >= 4 is 22.9 Å². The van der Waals surface area contributed by atoms with Crippen molar-refractivity contribution in [1.29, 1.82) is 0 Å². The standard InChI is InChI=1S/C19H16N6O2/c20-17(26)12-3-1-11(2-4-12)8-21-18-22-9-14(10-23-18)13-5-6-15-16(7-13)25-19(27)24-15/h1-7,9-10H,8H2,(H2,20,26)(H,21,22,23)(H2,24,25,27). The minimum atomic E-state index is -0.449. The number of imidazole rings is 1. The number of H-pyrrole nitrogens is 2. The van der Waals surface area contributed by atoms with Gasteiger partial charge >= 0.3 is 5.69 Å². The van der Waals surface area contributed by atoms with Gasteiger partial charge in [-0.1, -0.05) is 18.2 Å². The Morgan fingerprint density at radius 1 is 0.963 bits per heavy atom. The number of amides is 1. The van der Waals surface area contributed by atoms with Gasteiger partial charge in [0.25, 0.3) is 0 Å². The lowest BCUT2D eigenvalue weighted by molar-refractivity contribution is 0.100. The van der Waals surface area contributed by atoms with Crippen LogP contribution in [0.3, 0.4) is 0 Å². The highest BCUT2D eigenvalue weighted by molar-refractivity contribution is 5.92. The van der Waals surface area contributed by atoms with E-state index in [1.807, 2.05) is 30.3 Å². The Hall–Kier alpha value is -3.94. The number of nitrogens with one attached hydrogen (secondary N) is 3. The van der Waals surface area contributed by atoms with Gasteiger partial charge < -0.3 is 21.0 Å². The number of fused-ring (bicyclic) bond motifs is 1. The van der Waals surface area contributed by atoms with Gasteiger partial charge in [0.1, 0.15) is 0 Å². The predicted octanol–water partition coefficient (Wildman–Crippen LogP) is 2.02. The molecule has 0 saturated heterocycles. The number of carbonyl (C=O) groups excluding carboxylic acids is 1. The van der Waals surface area contributed by atoms with Crippen LogP contribution in [0.5, 0.6) is 0 Å². The maximum atomic E-state index is 11.4. The van der Waals surface area contributed by atoms with E-state index < -0.39 is 5.91 Å². The second-order valence-electron chi connectivity index (χ2n) is 6.05. The van der Waals surface area contributed by atoms with Gasteiger partial charge in [-0.05, 0) is 35.4 Å². The van der Waals surface area contributed by atoms with Crippen LogP contribution in [0, 0.1) is 0 Å². The smallest absolute Gasteiger partial charge is 0.323 e. The molecule has 2 aromatic heterocycles. The summed E-state index contributed by atoms with van der Waals surface area (Å²) in [7, 11) is 0. The number of hydrogen-bond donors (Lipinski definition) is 4. The van der Waals surface area contributed by atoms with E-state index in [1.165, 1.54) is 0 Å². The van der Waals surface area contributed by atoms with E-state index in [-0.39, 0.29) is 5.69 Å². The van der Waals surface area contributed by atoms with E-state index in [2.05, 4.69) is 25.3 Å². The third-order valence-electron chi connectivity index (χ3n) is 4.19. The average Bonchev–Trinajstić information content (AvgIpc) is 3.06. The highest BCUT2D eigenvalue weighted by atomic mass is 16.1. The lowest BCUT2D eigenvalue weighted by atomic mass is 10.1. The summed E-state index contributed by atoms with van der Waals surface area (Å²) < 4.78 is 0. The van der Waals surface area contributed by atoms with Crippen LogP contribution in [0.2, 0.25) is 0 Å². The van der Waals surface area contributed by atoms with Gasteiger partial charge in [-0.2, -0.15) is 0 Å². The number of nitrogens with two attached hydrogens (primary N) is 1. The Kier molecular flexibility index (Phi) is 4.13. The summed E-state index contributed by atoms with van der Waals surface area (Å²) in [6, 6.07) is 12.6. The summed E-state index contributed by atoms with van der Waals surface area (Å²) in [6.07, 6.45) is 3.44. The molecule has 0 atom stereocenters. The van der Waals surface area contributed by atoms with Crippen molar-refractivity contribution in [3.63, 3.8) is 0 Å². The van der Waals surface area contributed by atoms with Crippen LogP contribution >= 0.6 is 0 Å². The van der Waals surface area contributed by atoms with Crippen molar-refractivity contribution in [2.45, 2.75) is 6.54 Å². The molecule has 8 nitrogen and oxygen atoms in total. The van der Waals surface area contributed by atoms with Crippen LogP contribution in [-0.2, 0) is 6.54 Å². The van der Waals surface area contributed by atoms with Crippen molar-refractivity contribution in [2.75, 3.05) is 5.32 Å². The van der Waals surface area contributed by atoms with Gasteiger partial charge in [-0.25, -0.2) is 14.8 Å². The third-order valence-corrected chi connectivity index (χ3v) is 4.19. The predicted molar refractivity (Wildman–Crippen MR) is 102 cm³/mol. The molecule has 0 aliphatic heterocycles. The van der Waals surface area contributed by atoms with E-state index >= 15 is 0 Å². The molecule has 8 heteroatoms. The number of carbonyl (C=O) groups is 1. The molecule has 5 N–H and O–H groups in total. The fourth-order valence-electron chi connectivity index (χ4n) is 2.75. The second-order valence-corrected chi connectivity index (χ2v) is 6.05. The molecule has 4 rings (SSSR count). The number of aromatic nitrogens is 4. The van der Waals surface area contributed by atoms with Gasteiger partial charge in [0.2, 0.25) is 11.9 Å². The molecule has 27 heavy (non-hydrogen) atoms. The van der Waals surface area contributed by atoms with Gasteiger partial charge in [0, 0.05) is 30.1 Å². The molecule has 0 fully saturated rings. The molecule has 4 aromatic rings. The molecule has 2 heterocycles. The highest BCUT2D eigenvalue weighted by Crippen LogP contribution is 2.21. The Balaban J connectivity index is 1.46. The van der Waals surface area contributed by atoms with Crippen molar-refractivity contribution < 1.29 is 4.79 Å². The Bertz CT molecular complexity index is 1160. The SMILES string of the molecule is NC(=O)c1ccc(CNc2ncc(-c3ccc4[nH]c(=O)[nH]c4c3)cn2)cc1. The van der Waals surface area contributed by atoms with Crippen molar-refractivity contribution in [3.05, 3.63) is 76.5 Å². The fraction of sp³-hybridized carbons (Fsp3) is 0.0526. The largest absolute Gasteiger partial charge is 0.366 e. The first-order valence-electron chi connectivity index (χ1n) is 8.25. The highest BCUT2D eigenvalue weighted by Gasteiger charge is 2.05. The van der Waals surface area contributed by atoms with E-state index in [9.17, 15) is 9.59 Å². The molecule has 0 unspecified atom stereocenters. The number of aromatic amines is 2. The number of benzene rings is 2. The van der Waals surface area contributed by atoms with Gasteiger partial charge in [-0.3, -0.25) is 4.79 Å². The van der Waals surface area contributed by atoms with Crippen LogP contribution in [0.15, 0.2) is 59.7 Å². The van der Waals surface area contributed by atoms with Gasteiger partial charge in [0.05, 0.1) is 11.0 Å². The molecule has 0 radical (unpaired) electrons. The van der Waals surface area contributed by atoms with Crippen LogP contribution < -0.4 is 16.7 Å². The molecule has 0 spiro atoms. The zero-order valence-corrected chi connectivity index (χ0v) is 14.2. The van der Waals surface area contributed by atoms with Crippen LogP contribution in [0.4, 0.5) is 5.95 Å². The zero-order chi connectivity index (χ0) is 18.8. The first-order chi connectivity index (χ1) is 13.1. The molecule has 0 bridgehead atoms. The number of primary amides is 1. The second kappa shape index (κ2) is 6.75. The topological polar surface area (TPSA) is 130 Å². The van der Waals surface area contributed by atoms with Crippen molar-refractivity contribution in [1.82, 2.24) is 19.9 Å². The molecule has 0 aliphatic carbocycles. The van der Waals surface area contributed by atoms with Crippen LogP contribution in [0.1, 0.15) is 15.9 Å². The Morgan fingerprint density at radius 3 is 2.37 bits per heavy atom. The Labute approximate surface area is 153 Å². The maximum Gasteiger partial charge on any atom is 0.323 e. The average molecular weight is 360 g/mol. The molecule has 1 amide bonds. The number of hydrogen-bond acceptors (Lipinski definition) is 5. The summed E-state index contributed by atoms with van der Waals surface area (Å²) in [4.78, 5) is 36.5. The van der Waals surface area contributed by atoms with E-state index in [0.29, 0.717) is 18.1 Å². The summed E-state index contributed by atoms with van der Waals surface area (Å²) in [5, 5.41) is 3.13. The Morgan fingerprint density at radius 2 is 1.67 bits per heavy atom. The van der Waals surface area contributed by atoms with Gasteiger partial charge in [0.15, 0.2) is 0 Å². The minimum absolute atomic E-state index is 0.234.